The number of carbonyl (C=O) groups excluding carboxylic acids is 1. The molecule has 0 aliphatic carbocycles. The fraction of sp³-hybridized carbons (Fsp3) is 0.625. The van der Waals surface area contributed by atoms with Crippen LogP contribution in [0.2, 0.25) is 0 Å². The summed E-state index contributed by atoms with van der Waals surface area (Å²) in [5, 5.41) is 29.7. The van der Waals surface area contributed by atoms with Gasteiger partial charge in [-0.05, 0) is 5.92 Å². The number of nitrogens with two attached hydrogens (primary N) is 1. The van der Waals surface area contributed by atoms with Gasteiger partial charge in [-0.2, -0.15) is 8.42 Å². The van der Waals surface area contributed by atoms with E-state index in [1.54, 1.807) is 13.8 Å². The molecule has 0 radical (unpaired) electrons. The predicted octanol–water partition coefficient (Wildman–Crippen LogP) is -2.19. The van der Waals surface area contributed by atoms with E-state index in [0.717, 1.165) is 0 Å². The Morgan fingerprint density at radius 3 is 2.77 bits per heavy atom. The Morgan fingerprint density at radius 2 is 2.10 bits per heavy atom. The van der Waals surface area contributed by atoms with Crippen LogP contribution in [0.1, 0.15) is 26.5 Å². The second-order valence-corrected chi connectivity index (χ2v) is 8.77. The van der Waals surface area contributed by atoms with Gasteiger partial charge in [-0.3, -0.25) is 13.5 Å². The molecule has 3 rings (SSSR count). The first-order chi connectivity index (χ1) is 14.5. The summed E-state index contributed by atoms with van der Waals surface area (Å²) in [5.74, 6) is -1.65. The molecule has 6 N–H and O–H groups in total. The molecule has 15 heteroatoms. The number of imidazole rings is 1. The molecule has 172 valence electrons. The van der Waals surface area contributed by atoms with Gasteiger partial charge in [-0.15, -0.1) is 0 Å². The van der Waals surface area contributed by atoms with Crippen molar-refractivity contribution in [3.63, 3.8) is 0 Å². The Morgan fingerprint density at radius 1 is 1.39 bits per heavy atom. The molecule has 3 heterocycles. The summed E-state index contributed by atoms with van der Waals surface area (Å²) in [5.41, 5.74) is 6.39. The number of nitrogen functional groups attached to an aromatic ring is 1. The Bertz CT molecular complexity index is 1040. The number of amides is 1. The van der Waals surface area contributed by atoms with Crippen LogP contribution in [0.5, 0.6) is 0 Å². The quantitative estimate of drug-likeness (QED) is 0.284. The van der Waals surface area contributed by atoms with Crippen LogP contribution in [-0.2, 0) is 24.0 Å². The predicted molar refractivity (Wildman–Crippen MR) is 104 cm³/mol. The van der Waals surface area contributed by atoms with E-state index in [-0.39, 0.29) is 12.2 Å². The third-order valence-electron chi connectivity index (χ3n) is 4.74. The van der Waals surface area contributed by atoms with Gasteiger partial charge in [0.2, 0.25) is 0 Å². The molecule has 0 aromatic carbocycles. The molecule has 1 aliphatic rings. The summed E-state index contributed by atoms with van der Waals surface area (Å²) in [7, 11) is -4.59. The molecule has 2 aromatic rings. The zero-order valence-electron chi connectivity index (χ0n) is 16.7. The van der Waals surface area contributed by atoms with E-state index in [0.29, 0.717) is 11.2 Å². The van der Waals surface area contributed by atoms with Gasteiger partial charge in [-0.1, -0.05) is 13.8 Å². The van der Waals surface area contributed by atoms with Crippen molar-refractivity contribution in [3.05, 3.63) is 12.7 Å². The van der Waals surface area contributed by atoms with Gasteiger partial charge in [-0.25, -0.2) is 19.7 Å². The smallest absolute Gasteiger partial charge is 0.362 e. The van der Waals surface area contributed by atoms with Crippen LogP contribution in [0.25, 0.3) is 11.2 Å². The maximum Gasteiger partial charge on any atom is 0.362 e. The van der Waals surface area contributed by atoms with E-state index in [4.69, 9.17) is 14.7 Å². The van der Waals surface area contributed by atoms with E-state index in [2.05, 4.69) is 15.0 Å². The van der Waals surface area contributed by atoms with Crippen molar-refractivity contribution in [3.8, 4) is 0 Å². The lowest BCUT2D eigenvalue weighted by molar-refractivity contribution is -0.135. The molecule has 5 atom stereocenters. The minimum atomic E-state index is -4.59. The summed E-state index contributed by atoms with van der Waals surface area (Å²) in [6, 6.07) is 0. The second kappa shape index (κ2) is 8.97. The van der Waals surface area contributed by atoms with Crippen molar-refractivity contribution in [2.24, 2.45) is 5.92 Å². The number of aliphatic hydroxyl groups excluding tert-OH is 3. The van der Waals surface area contributed by atoms with Crippen LogP contribution >= 0.6 is 0 Å². The molecule has 0 saturated carbocycles. The highest BCUT2D eigenvalue weighted by Gasteiger charge is 2.38. The number of aromatic nitrogens is 4. The number of carbonyl (C=O) groups is 1. The average molecular weight is 460 g/mol. The zero-order chi connectivity index (χ0) is 22.9. The molecular formula is C16H24N6O8S. The minimum absolute atomic E-state index is 0.0308. The van der Waals surface area contributed by atoms with Crippen LogP contribution in [0.4, 0.5) is 5.82 Å². The summed E-state index contributed by atoms with van der Waals surface area (Å²) in [6.45, 7) is 2.59. The summed E-state index contributed by atoms with van der Waals surface area (Å²) < 4.78 is 37.4. The monoisotopic (exact) mass is 460 g/mol. The Hall–Kier alpha value is -2.43. The van der Waals surface area contributed by atoms with Crippen molar-refractivity contribution >= 4 is 33.2 Å². The zero-order valence-corrected chi connectivity index (χ0v) is 17.5. The molecule has 0 bridgehead atoms. The maximum absolute atomic E-state index is 12.0. The standard InChI is InChI=1S/C16H24N6O8S/c1-7(2)11(24)12(25)15(26)21-31(27,28)29-4-8-3-9(23)16(30-8)22-6-20-10-13(17)18-5-19-14(10)22/h5-9,11-12,16,23-25H,3-4H2,1-2H3,(H,21,26)(H2,17,18,19)/t8-,9+,11+,12-,16+/m0/s1. The number of fused-ring (bicyclic) bond motifs is 1. The Kier molecular flexibility index (Phi) is 6.73. The van der Waals surface area contributed by atoms with Crippen LogP contribution in [0, 0.1) is 5.92 Å². The van der Waals surface area contributed by atoms with Crippen molar-refractivity contribution in [2.45, 2.75) is 50.9 Å². The third kappa shape index (κ3) is 5.08. The fourth-order valence-electron chi connectivity index (χ4n) is 3.04. The number of rotatable bonds is 8. The average Bonchev–Trinajstić information content (AvgIpc) is 3.28. The molecule has 1 aliphatic heterocycles. The van der Waals surface area contributed by atoms with Gasteiger partial charge < -0.3 is 25.8 Å². The van der Waals surface area contributed by atoms with E-state index in [1.807, 2.05) is 0 Å². The number of hydrogen-bond acceptors (Lipinski definition) is 12. The Balaban J connectivity index is 1.60. The Labute approximate surface area is 177 Å². The number of nitrogens with zero attached hydrogens (tertiary/aromatic N) is 4. The molecule has 2 aromatic heterocycles. The second-order valence-electron chi connectivity index (χ2n) is 7.42. The normalized spacial score (nSPS) is 23.9. The lowest BCUT2D eigenvalue weighted by Crippen LogP contribution is -2.47. The van der Waals surface area contributed by atoms with Crippen molar-refractivity contribution < 1.29 is 37.5 Å². The fourth-order valence-corrected chi connectivity index (χ4v) is 3.80. The highest BCUT2D eigenvalue weighted by atomic mass is 32.2. The number of nitrogens with one attached hydrogen (secondary N) is 1. The SMILES string of the molecule is CC(C)[C@@H](O)[C@H](O)C(=O)NS(=O)(=O)OC[C@@H]1C[C@@H](O)[C@H](n2cnc3c(N)ncnc32)O1. The van der Waals surface area contributed by atoms with Gasteiger partial charge in [0.05, 0.1) is 25.1 Å². The topological polar surface area (TPSA) is 212 Å². The molecule has 1 saturated heterocycles. The van der Waals surface area contributed by atoms with E-state index >= 15 is 0 Å². The summed E-state index contributed by atoms with van der Waals surface area (Å²) >= 11 is 0. The molecular weight excluding hydrogens is 436 g/mol. The van der Waals surface area contributed by atoms with E-state index < -0.39 is 59.4 Å². The third-order valence-corrected chi connectivity index (χ3v) is 5.63. The van der Waals surface area contributed by atoms with Gasteiger partial charge in [0.15, 0.2) is 23.8 Å². The number of anilines is 1. The lowest BCUT2D eigenvalue weighted by Gasteiger charge is -2.20. The van der Waals surface area contributed by atoms with Gasteiger partial charge >= 0.3 is 10.3 Å². The first kappa shape index (κ1) is 23.2. The highest BCUT2D eigenvalue weighted by molar-refractivity contribution is 7.85. The molecule has 0 spiro atoms. The minimum Gasteiger partial charge on any atom is -0.390 e. The first-order valence-electron chi connectivity index (χ1n) is 9.34. The van der Waals surface area contributed by atoms with Gasteiger partial charge in [0.1, 0.15) is 17.9 Å². The summed E-state index contributed by atoms with van der Waals surface area (Å²) in [6.07, 6.45) is -3.56. The van der Waals surface area contributed by atoms with E-state index in [9.17, 15) is 28.5 Å². The van der Waals surface area contributed by atoms with Gasteiger partial charge in [0, 0.05) is 6.42 Å². The van der Waals surface area contributed by atoms with E-state index in [1.165, 1.54) is 21.9 Å². The lowest BCUT2D eigenvalue weighted by atomic mass is 10.0. The molecule has 1 fully saturated rings. The number of aliphatic hydroxyl groups is 3. The largest absolute Gasteiger partial charge is 0.390 e. The molecule has 0 unspecified atom stereocenters. The molecule has 31 heavy (non-hydrogen) atoms. The number of hydrogen-bond donors (Lipinski definition) is 5. The van der Waals surface area contributed by atoms with Gasteiger partial charge in [0.25, 0.3) is 5.91 Å². The van der Waals surface area contributed by atoms with Crippen molar-refractivity contribution in [1.29, 1.82) is 0 Å². The first-order valence-corrected chi connectivity index (χ1v) is 10.7. The molecule has 14 nitrogen and oxygen atoms in total. The number of ether oxygens (including phenoxy) is 1. The summed E-state index contributed by atoms with van der Waals surface area (Å²) in [4.78, 5) is 23.8. The van der Waals surface area contributed by atoms with Crippen LogP contribution in [0.3, 0.4) is 0 Å². The van der Waals surface area contributed by atoms with Crippen LogP contribution in [0.15, 0.2) is 12.7 Å². The van der Waals surface area contributed by atoms with Crippen LogP contribution in [-0.4, -0.2) is 80.2 Å². The maximum atomic E-state index is 12.0. The van der Waals surface area contributed by atoms with Crippen LogP contribution < -0.4 is 10.5 Å². The highest BCUT2D eigenvalue weighted by Crippen LogP contribution is 2.31. The molecule has 1 amide bonds. The van der Waals surface area contributed by atoms with Crippen molar-refractivity contribution in [2.75, 3.05) is 12.3 Å². The van der Waals surface area contributed by atoms with Crippen molar-refractivity contribution in [1.82, 2.24) is 24.2 Å².